The SMILES string of the molecule is C[Si](C)(C)CCCCCCCCCCCCCCNc1ccc(CCCC(=O)O)cc1. The highest BCUT2D eigenvalue weighted by Gasteiger charge is 2.11. The molecule has 31 heavy (non-hydrogen) atoms. The van der Waals surface area contributed by atoms with Crippen LogP contribution in [0.3, 0.4) is 0 Å². The Balaban J connectivity index is 1.86. The van der Waals surface area contributed by atoms with Crippen molar-refractivity contribution in [2.24, 2.45) is 0 Å². The van der Waals surface area contributed by atoms with Crippen molar-refractivity contribution in [3.05, 3.63) is 29.8 Å². The Labute approximate surface area is 193 Å². The standard InChI is InChI=1S/C27H49NO2Si/c1-31(2,3)24-15-13-11-9-7-5-4-6-8-10-12-14-23-28-26-21-19-25(20-22-26)17-16-18-27(29)30/h19-22,28H,4-18,23-24H2,1-3H3,(H,29,30). The predicted molar refractivity (Wildman–Crippen MR) is 139 cm³/mol. The number of aliphatic carboxylic acids is 1. The van der Waals surface area contributed by atoms with E-state index in [0.717, 1.165) is 13.0 Å². The van der Waals surface area contributed by atoms with Crippen molar-refractivity contribution < 1.29 is 9.90 Å². The highest BCUT2D eigenvalue weighted by molar-refractivity contribution is 6.76. The molecular weight excluding hydrogens is 398 g/mol. The first kappa shape index (κ1) is 27.7. The van der Waals surface area contributed by atoms with Gasteiger partial charge in [-0.15, -0.1) is 0 Å². The molecule has 0 saturated heterocycles. The molecule has 0 aliphatic rings. The molecule has 0 saturated carbocycles. The topological polar surface area (TPSA) is 49.3 Å². The largest absolute Gasteiger partial charge is 0.481 e. The summed E-state index contributed by atoms with van der Waals surface area (Å²) in [6.07, 6.45) is 18.6. The fraction of sp³-hybridized carbons (Fsp3) is 0.741. The first-order chi connectivity index (χ1) is 14.9. The zero-order valence-corrected chi connectivity index (χ0v) is 21.7. The highest BCUT2D eigenvalue weighted by Crippen LogP contribution is 2.17. The molecular formula is C27H49NO2Si. The molecule has 1 aromatic carbocycles. The van der Waals surface area contributed by atoms with E-state index in [2.05, 4.69) is 49.2 Å². The predicted octanol–water partition coefficient (Wildman–Crippen LogP) is 8.53. The van der Waals surface area contributed by atoms with Crippen molar-refractivity contribution in [1.82, 2.24) is 0 Å². The molecule has 3 nitrogen and oxygen atoms in total. The minimum Gasteiger partial charge on any atom is -0.481 e. The second-order valence-electron chi connectivity index (χ2n) is 10.4. The van der Waals surface area contributed by atoms with Crippen molar-refractivity contribution in [2.45, 2.75) is 122 Å². The van der Waals surface area contributed by atoms with Crippen LogP contribution in [0, 0.1) is 0 Å². The van der Waals surface area contributed by atoms with E-state index in [0.29, 0.717) is 6.42 Å². The molecule has 178 valence electrons. The summed E-state index contributed by atoms with van der Waals surface area (Å²) in [4.78, 5) is 10.6. The van der Waals surface area contributed by atoms with Crippen LogP contribution in [0.1, 0.15) is 95.5 Å². The molecule has 0 unspecified atom stereocenters. The van der Waals surface area contributed by atoms with E-state index in [1.54, 1.807) is 0 Å². The highest BCUT2D eigenvalue weighted by atomic mass is 28.3. The Kier molecular flexibility index (Phi) is 15.5. The molecule has 0 aliphatic carbocycles. The smallest absolute Gasteiger partial charge is 0.303 e. The van der Waals surface area contributed by atoms with Crippen molar-refractivity contribution in [1.29, 1.82) is 0 Å². The lowest BCUT2D eigenvalue weighted by Gasteiger charge is -2.14. The summed E-state index contributed by atoms with van der Waals surface area (Å²) in [5.41, 5.74) is 2.39. The molecule has 0 heterocycles. The number of hydrogen-bond acceptors (Lipinski definition) is 2. The van der Waals surface area contributed by atoms with Crippen molar-refractivity contribution >= 4 is 19.7 Å². The van der Waals surface area contributed by atoms with E-state index < -0.39 is 14.0 Å². The maximum absolute atomic E-state index is 10.6. The van der Waals surface area contributed by atoms with Crippen molar-refractivity contribution in [2.75, 3.05) is 11.9 Å². The average Bonchev–Trinajstić information content (AvgIpc) is 2.71. The first-order valence-corrected chi connectivity index (χ1v) is 16.6. The van der Waals surface area contributed by atoms with E-state index in [4.69, 9.17) is 5.11 Å². The molecule has 0 amide bonds. The van der Waals surface area contributed by atoms with Gasteiger partial charge in [0.05, 0.1) is 0 Å². The molecule has 4 heteroatoms. The number of carboxylic acid groups (broad SMARTS) is 1. The molecule has 0 spiro atoms. The van der Waals surface area contributed by atoms with E-state index in [1.165, 1.54) is 94.3 Å². The number of rotatable bonds is 20. The monoisotopic (exact) mass is 447 g/mol. The number of benzene rings is 1. The molecule has 1 aromatic rings. The van der Waals surface area contributed by atoms with Gasteiger partial charge in [-0.25, -0.2) is 0 Å². The van der Waals surface area contributed by atoms with Gasteiger partial charge < -0.3 is 10.4 Å². The van der Waals surface area contributed by atoms with Gasteiger partial charge in [0, 0.05) is 26.7 Å². The molecule has 0 aliphatic heterocycles. The number of hydrogen-bond donors (Lipinski definition) is 2. The number of carbonyl (C=O) groups is 1. The number of nitrogens with one attached hydrogen (secondary N) is 1. The van der Waals surface area contributed by atoms with Crippen molar-refractivity contribution in [3.63, 3.8) is 0 Å². The Morgan fingerprint density at radius 3 is 1.71 bits per heavy atom. The van der Waals surface area contributed by atoms with E-state index in [9.17, 15) is 4.79 Å². The maximum Gasteiger partial charge on any atom is 0.303 e. The summed E-state index contributed by atoms with van der Waals surface area (Å²) >= 11 is 0. The van der Waals surface area contributed by atoms with Gasteiger partial charge in [-0.3, -0.25) is 4.79 Å². The van der Waals surface area contributed by atoms with Crippen molar-refractivity contribution in [3.8, 4) is 0 Å². The van der Waals surface area contributed by atoms with Gasteiger partial charge in [-0.05, 0) is 37.0 Å². The lowest BCUT2D eigenvalue weighted by molar-refractivity contribution is -0.137. The number of carboxylic acids is 1. The van der Waals surface area contributed by atoms with Crippen LogP contribution < -0.4 is 5.32 Å². The second-order valence-corrected chi connectivity index (χ2v) is 16.0. The second kappa shape index (κ2) is 17.3. The summed E-state index contributed by atoms with van der Waals surface area (Å²) in [5, 5.41) is 12.2. The fourth-order valence-corrected chi connectivity index (χ4v) is 5.32. The molecule has 0 aromatic heterocycles. The van der Waals surface area contributed by atoms with Crippen LogP contribution in [0.2, 0.25) is 25.7 Å². The van der Waals surface area contributed by atoms with Crippen LogP contribution in [0.4, 0.5) is 5.69 Å². The molecule has 0 bridgehead atoms. The van der Waals surface area contributed by atoms with Crippen LogP contribution in [-0.2, 0) is 11.2 Å². The Morgan fingerprint density at radius 1 is 0.742 bits per heavy atom. The van der Waals surface area contributed by atoms with Crippen LogP contribution in [0.5, 0.6) is 0 Å². The van der Waals surface area contributed by atoms with Crippen LogP contribution >= 0.6 is 0 Å². The number of anilines is 1. The van der Waals surface area contributed by atoms with Gasteiger partial charge in [-0.2, -0.15) is 0 Å². The summed E-state index contributed by atoms with van der Waals surface area (Å²) in [6.45, 7) is 8.49. The Bertz CT molecular complexity index is 566. The maximum atomic E-state index is 10.6. The summed E-state index contributed by atoms with van der Waals surface area (Å²) in [6, 6.07) is 9.95. The van der Waals surface area contributed by atoms with Gasteiger partial charge in [0.1, 0.15) is 0 Å². The minimum absolute atomic E-state index is 0.249. The van der Waals surface area contributed by atoms with Crippen LogP contribution in [0.25, 0.3) is 0 Å². The molecule has 0 radical (unpaired) electrons. The third-order valence-electron chi connectivity index (χ3n) is 5.99. The van der Waals surface area contributed by atoms with Gasteiger partial charge >= 0.3 is 5.97 Å². The fourth-order valence-electron chi connectivity index (χ4n) is 4.01. The zero-order valence-electron chi connectivity index (χ0n) is 20.7. The molecule has 2 N–H and O–H groups in total. The number of aryl methyl sites for hydroxylation is 1. The van der Waals surface area contributed by atoms with E-state index in [1.807, 2.05) is 0 Å². The molecule has 0 atom stereocenters. The quantitative estimate of drug-likeness (QED) is 0.155. The van der Waals surface area contributed by atoms with Gasteiger partial charge in [-0.1, -0.05) is 108 Å². The first-order valence-electron chi connectivity index (χ1n) is 12.9. The third-order valence-corrected chi connectivity index (χ3v) is 7.85. The lowest BCUT2D eigenvalue weighted by atomic mass is 10.1. The molecule has 0 fully saturated rings. The average molecular weight is 448 g/mol. The summed E-state index contributed by atoms with van der Waals surface area (Å²) < 4.78 is 0. The van der Waals surface area contributed by atoms with Crippen LogP contribution in [-0.4, -0.2) is 25.7 Å². The van der Waals surface area contributed by atoms with Gasteiger partial charge in [0.25, 0.3) is 0 Å². The Morgan fingerprint density at radius 2 is 1.23 bits per heavy atom. The van der Waals surface area contributed by atoms with E-state index in [-0.39, 0.29) is 6.42 Å². The number of unbranched alkanes of at least 4 members (excludes halogenated alkanes) is 11. The summed E-state index contributed by atoms with van der Waals surface area (Å²) in [5.74, 6) is -0.711. The normalized spacial score (nSPS) is 11.6. The van der Waals surface area contributed by atoms with E-state index >= 15 is 0 Å². The van der Waals surface area contributed by atoms with Gasteiger partial charge in [0.15, 0.2) is 0 Å². The summed E-state index contributed by atoms with van der Waals surface area (Å²) in [7, 11) is -0.806. The third kappa shape index (κ3) is 18.0. The molecule has 1 rings (SSSR count). The Hall–Kier alpha value is -1.29. The lowest BCUT2D eigenvalue weighted by Crippen LogP contribution is -2.18. The zero-order chi connectivity index (χ0) is 22.8. The van der Waals surface area contributed by atoms with Gasteiger partial charge in [0.2, 0.25) is 0 Å². The minimum atomic E-state index is -0.806. The van der Waals surface area contributed by atoms with Crippen LogP contribution in [0.15, 0.2) is 24.3 Å².